The van der Waals surface area contributed by atoms with Crippen LogP contribution in [0, 0.1) is 0 Å². The summed E-state index contributed by atoms with van der Waals surface area (Å²) in [6.45, 7) is 4.65. The third kappa shape index (κ3) is 2.57. The van der Waals surface area contributed by atoms with E-state index in [9.17, 15) is 0 Å². The van der Waals surface area contributed by atoms with Crippen molar-refractivity contribution in [3.63, 3.8) is 0 Å². The lowest BCUT2D eigenvalue weighted by Gasteiger charge is -2.40. The molecule has 0 amide bonds. The molecule has 20 heavy (non-hydrogen) atoms. The van der Waals surface area contributed by atoms with Gasteiger partial charge in [-0.05, 0) is 37.1 Å². The van der Waals surface area contributed by atoms with E-state index in [-0.39, 0.29) is 0 Å². The molecule has 1 aliphatic heterocycles. The standard InChI is InChI=1S/C16H24N2OS/c1-2-20-16-8-4-5-13(12(16)11-17)18-9-10-19-15-7-3-6-14(15)18/h4-5,8,14-15H,2-3,6-7,9-11,17H2,1H3. The molecule has 1 aliphatic carbocycles. The first kappa shape index (κ1) is 14.2. The highest BCUT2D eigenvalue weighted by Gasteiger charge is 2.36. The quantitative estimate of drug-likeness (QED) is 0.866. The zero-order chi connectivity index (χ0) is 13.9. The third-order valence-electron chi connectivity index (χ3n) is 4.40. The molecule has 2 N–H and O–H groups in total. The fourth-order valence-corrected chi connectivity index (χ4v) is 4.39. The van der Waals surface area contributed by atoms with Crippen LogP contribution < -0.4 is 10.6 Å². The smallest absolute Gasteiger partial charge is 0.0779 e. The minimum atomic E-state index is 0.428. The number of thioether (sulfide) groups is 1. The summed E-state index contributed by atoms with van der Waals surface area (Å²) in [6.07, 6.45) is 4.17. The van der Waals surface area contributed by atoms with Crippen LogP contribution in [0.1, 0.15) is 31.7 Å². The molecule has 3 rings (SSSR count). The molecular formula is C16H24N2OS. The van der Waals surface area contributed by atoms with Crippen molar-refractivity contribution < 1.29 is 4.74 Å². The highest BCUT2D eigenvalue weighted by Crippen LogP contribution is 2.37. The van der Waals surface area contributed by atoms with Crippen LogP contribution in [-0.2, 0) is 11.3 Å². The lowest BCUT2D eigenvalue weighted by atomic mass is 10.1. The third-order valence-corrected chi connectivity index (χ3v) is 5.39. The van der Waals surface area contributed by atoms with Gasteiger partial charge in [-0.25, -0.2) is 0 Å². The predicted molar refractivity (Wildman–Crippen MR) is 85.5 cm³/mol. The number of hydrogen-bond donors (Lipinski definition) is 1. The Hall–Kier alpha value is -0.710. The second-order valence-corrected chi connectivity index (χ2v) is 6.80. The molecule has 0 bridgehead atoms. The number of anilines is 1. The highest BCUT2D eigenvalue weighted by molar-refractivity contribution is 7.99. The Balaban J connectivity index is 1.94. The van der Waals surface area contributed by atoms with Crippen molar-refractivity contribution in [3.05, 3.63) is 23.8 Å². The average molecular weight is 292 g/mol. The molecule has 0 aromatic heterocycles. The van der Waals surface area contributed by atoms with E-state index in [1.54, 1.807) is 0 Å². The Kier molecular flexibility index (Phi) is 4.54. The summed E-state index contributed by atoms with van der Waals surface area (Å²) in [7, 11) is 0. The molecule has 2 aliphatic rings. The zero-order valence-electron chi connectivity index (χ0n) is 12.2. The fourth-order valence-electron chi connectivity index (χ4n) is 3.54. The second kappa shape index (κ2) is 6.37. The van der Waals surface area contributed by atoms with E-state index in [0.717, 1.165) is 18.9 Å². The Labute approximate surface area is 125 Å². The van der Waals surface area contributed by atoms with Gasteiger partial charge < -0.3 is 15.4 Å². The van der Waals surface area contributed by atoms with Crippen LogP contribution in [0.3, 0.4) is 0 Å². The minimum Gasteiger partial charge on any atom is -0.374 e. The van der Waals surface area contributed by atoms with Crippen LogP contribution in [0.5, 0.6) is 0 Å². The second-order valence-electron chi connectivity index (χ2n) is 5.49. The minimum absolute atomic E-state index is 0.428. The number of nitrogens with two attached hydrogens (primary N) is 1. The molecule has 1 heterocycles. The van der Waals surface area contributed by atoms with Gasteiger partial charge in [0.25, 0.3) is 0 Å². The summed E-state index contributed by atoms with van der Waals surface area (Å²) in [5.41, 5.74) is 8.71. The molecule has 110 valence electrons. The summed E-state index contributed by atoms with van der Waals surface area (Å²) < 4.78 is 5.93. The molecule has 0 radical (unpaired) electrons. The van der Waals surface area contributed by atoms with Crippen molar-refractivity contribution in [1.82, 2.24) is 0 Å². The van der Waals surface area contributed by atoms with E-state index >= 15 is 0 Å². The maximum Gasteiger partial charge on any atom is 0.0779 e. The molecule has 2 atom stereocenters. The van der Waals surface area contributed by atoms with Gasteiger partial charge in [0.1, 0.15) is 0 Å². The van der Waals surface area contributed by atoms with Gasteiger partial charge in [-0.1, -0.05) is 13.0 Å². The Morgan fingerprint density at radius 2 is 2.30 bits per heavy atom. The molecule has 3 nitrogen and oxygen atoms in total. The van der Waals surface area contributed by atoms with E-state index < -0.39 is 0 Å². The number of rotatable bonds is 4. The molecule has 1 aromatic rings. The lowest BCUT2D eigenvalue weighted by molar-refractivity contribution is 0.0255. The Bertz CT molecular complexity index is 466. The van der Waals surface area contributed by atoms with E-state index in [1.807, 2.05) is 11.8 Å². The van der Waals surface area contributed by atoms with Gasteiger partial charge in [-0.2, -0.15) is 0 Å². The van der Waals surface area contributed by atoms with Gasteiger partial charge >= 0.3 is 0 Å². The first-order valence-corrected chi connectivity index (χ1v) is 8.66. The summed E-state index contributed by atoms with van der Waals surface area (Å²) in [4.78, 5) is 3.90. The molecular weight excluding hydrogens is 268 g/mol. The number of nitrogens with zero attached hydrogens (tertiary/aromatic N) is 1. The van der Waals surface area contributed by atoms with Gasteiger partial charge in [-0.3, -0.25) is 0 Å². The molecule has 1 saturated heterocycles. The van der Waals surface area contributed by atoms with Crippen LogP contribution >= 0.6 is 11.8 Å². The average Bonchev–Trinajstić information content (AvgIpc) is 2.95. The molecule has 4 heteroatoms. The van der Waals surface area contributed by atoms with E-state index in [2.05, 4.69) is 30.0 Å². The van der Waals surface area contributed by atoms with Crippen molar-refractivity contribution in [2.75, 3.05) is 23.8 Å². The van der Waals surface area contributed by atoms with Gasteiger partial charge in [0.15, 0.2) is 0 Å². The normalized spacial score (nSPS) is 25.8. The monoisotopic (exact) mass is 292 g/mol. The molecule has 1 aromatic carbocycles. The van der Waals surface area contributed by atoms with Crippen molar-refractivity contribution in [3.8, 4) is 0 Å². The summed E-state index contributed by atoms with van der Waals surface area (Å²) >= 11 is 1.89. The van der Waals surface area contributed by atoms with Crippen molar-refractivity contribution in [2.24, 2.45) is 5.73 Å². The molecule has 2 unspecified atom stereocenters. The fraction of sp³-hybridized carbons (Fsp3) is 0.625. The summed E-state index contributed by atoms with van der Waals surface area (Å²) in [6, 6.07) is 7.16. The van der Waals surface area contributed by atoms with Gasteiger partial charge in [0.2, 0.25) is 0 Å². The molecule has 1 saturated carbocycles. The number of morpholine rings is 1. The molecule has 2 fully saturated rings. The first-order chi connectivity index (χ1) is 9.85. The van der Waals surface area contributed by atoms with Crippen molar-refractivity contribution >= 4 is 17.4 Å². The van der Waals surface area contributed by atoms with Crippen molar-refractivity contribution in [2.45, 2.75) is 49.8 Å². The van der Waals surface area contributed by atoms with Crippen LogP contribution in [-0.4, -0.2) is 31.1 Å². The number of benzene rings is 1. The number of fused-ring (bicyclic) bond motifs is 1. The largest absolute Gasteiger partial charge is 0.374 e. The van der Waals surface area contributed by atoms with Gasteiger partial charge in [0.05, 0.1) is 18.8 Å². The maximum absolute atomic E-state index is 6.05. The Morgan fingerprint density at radius 1 is 1.40 bits per heavy atom. The van der Waals surface area contributed by atoms with E-state index in [4.69, 9.17) is 10.5 Å². The summed E-state index contributed by atoms with van der Waals surface area (Å²) in [5, 5.41) is 0. The maximum atomic E-state index is 6.05. The predicted octanol–water partition coefficient (Wildman–Crippen LogP) is 3.02. The SMILES string of the molecule is CCSc1cccc(N2CCOC3CCCC32)c1CN. The zero-order valence-corrected chi connectivity index (χ0v) is 13.0. The van der Waals surface area contributed by atoms with Gasteiger partial charge in [-0.15, -0.1) is 11.8 Å². The molecule has 0 spiro atoms. The lowest BCUT2D eigenvalue weighted by Crippen LogP contribution is -2.49. The van der Waals surface area contributed by atoms with Crippen LogP contribution in [0.2, 0.25) is 0 Å². The van der Waals surface area contributed by atoms with Crippen LogP contribution in [0.15, 0.2) is 23.1 Å². The topological polar surface area (TPSA) is 38.5 Å². The van der Waals surface area contributed by atoms with Crippen LogP contribution in [0.25, 0.3) is 0 Å². The first-order valence-electron chi connectivity index (χ1n) is 7.68. The van der Waals surface area contributed by atoms with Gasteiger partial charge in [0, 0.05) is 29.2 Å². The van der Waals surface area contributed by atoms with Crippen LogP contribution in [0.4, 0.5) is 5.69 Å². The summed E-state index contributed by atoms with van der Waals surface area (Å²) in [5.74, 6) is 1.09. The highest BCUT2D eigenvalue weighted by atomic mass is 32.2. The Morgan fingerprint density at radius 3 is 3.10 bits per heavy atom. The van der Waals surface area contributed by atoms with Crippen molar-refractivity contribution in [1.29, 1.82) is 0 Å². The number of hydrogen-bond acceptors (Lipinski definition) is 4. The number of ether oxygens (including phenoxy) is 1. The van der Waals surface area contributed by atoms with E-state index in [1.165, 1.54) is 35.4 Å². The van der Waals surface area contributed by atoms with E-state index in [0.29, 0.717) is 18.7 Å².